The molecule has 1 aliphatic heterocycles. The van der Waals surface area contributed by atoms with Gasteiger partial charge in [0.15, 0.2) is 11.6 Å². The number of nitrogens with one attached hydrogen (secondary N) is 2. The van der Waals surface area contributed by atoms with E-state index in [0.717, 1.165) is 37.3 Å². The van der Waals surface area contributed by atoms with Gasteiger partial charge < -0.3 is 14.7 Å². The van der Waals surface area contributed by atoms with Gasteiger partial charge in [-0.2, -0.15) is 10.1 Å². The van der Waals surface area contributed by atoms with Crippen molar-refractivity contribution < 1.29 is 4.52 Å². The molecule has 1 atom stereocenters. The molecule has 4 aromatic heterocycles. The van der Waals surface area contributed by atoms with E-state index in [-0.39, 0.29) is 6.04 Å². The van der Waals surface area contributed by atoms with Gasteiger partial charge in [-0.25, -0.2) is 4.98 Å². The molecule has 0 bridgehead atoms. The summed E-state index contributed by atoms with van der Waals surface area (Å²) in [5, 5.41) is 14.9. The van der Waals surface area contributed by atoms with E-state index in [1.807, 2.05) is 12.1 Å². The van der Waals surface area contributed by atoms with Gasteiger partial charge in [0.25, 0.3) is 0 Å². The van der Waals surface area contributed by atoms with E-state index in [9.17, 15) is 0 Å². The molecule has 0 amide bonds. The normalized spacial score (nSPS) is 16.1. The van der Waals surface area contributed by atoms with E-state index < -0.39 is 0 Å². The van der Waals surface area contributed by atoms with Crippen LogP contribution in [0.2, 0.25) is 5.15 Å². The Morgan fingerprint density at radius 3 is 2.94 bits per heavy atom. The van der Waals surface area contributed by atoms with Crippen molar-refractivity contribution in [3.05, 3.63) is 53.4 Å². The Labute approximate surface area is 183 Å². The molecule has 0 aliphatic carbocycles. The quantitative estimate of drug-likeness (QED) is 0.431. The lowest BCUT2D eigenvalue weighted by molar-refractivity contribution is 0.362. The number of nitrogens with zero attached hydrogens (tertiary/aromatic N) is 7. The summed E-state index contributed by atoms with van der Waals surface area (Å²) >= 11 is 6.31. The van der Waals surface area contributed by atoms with E-state index in [1.54, 1.807) is 24.7 Å². The predicted octanol–water partition coefficient (Wildman–Crippen LogP) is 3.95. The number of hydrogen-bond donors (Lipinski definition) is 2. The summed E-state index contributed by atoms with van der Waals surface area (Å²) in [7, 11) is 0. The smallest absolute Gasteiger partial charge is 0.229 e. The van der Waals surface area contributed by atoms with Gasteiger partial charge in [-0.05, 0) is 19.3 Å². The molecule has 0 spiro atoms. The third-order valence-corrected chi connectivity index (χ3v) is 5.34. The second kappa shape index (κ2) is 8.31. The van der Waals surface area contributed by atoms with Crippen LogP contribution in [0.25, 0.3) is 11.4 Å². The van der Waals surface area contributed by atoms with E-state index in [4.69, 9.17) is 16.1 Å². The first-order valence-electron chi connectivity index (χ1n) is 10.0. The number of anilines is 3. The monoisotopic (exact) mass is 437 g/mol. The van der Waals surface area contributed by atoms with Crippen molar-refractivity contribution in [3.8, 4) is 11.4 Å². The van der Waals surface area contributed by atoms with Crippen LogP contribution in [-0.4, -0.2) is 41.8 Å². The fourth-order valence-electron chi connectivity index (χ4n) is 3.64. The second-order valence-corrected chi connectivity index (χ2v) is 7.58. The Morgan fingerprint density at radius 2 is 2.13 bits per heavy atom. The van der Waals surface area contributed by atoms with Crippen molar-refractivity contribution in [2.45, 2.75) is 32.2 Å². The average Bonchev–Trinajstić information content (AvgIpc) is 3.54. The molecule has 11 heteroatoms. The maximum Gasteiger partial charge on any atom is 0.229 e. The van der Waals surface area contributed by atoms with Crippen LogP contribution in [0.1, 0.15) is 37.3 Å². The molecule has 10 nitrogen and oxygen atoms in total. The van der Waals surface area contributed by atoms with Gasteiger partial charge in [-0.15, -0.1) is 0 Å². The summed E-state index contributed by atoms with van der Waals surface area (Å²) in [6.45, 7) is 2.84. The van der Waals surface area contributed by atoms with Gasteiger partial charge in [0.1, 0.15) is 22.4 Å². The van der Waals surface area contributed by atoms with Crippen LogP contribution < -0.4 is 10.2 Å². The molecule has 2 N–H and O–H groups in total. The van der Waals surface area contributed by atoms with Crippen molar-refractivity contribution in [2.75, 3.05) is 16.8 Å². The van der Waals surface area contributed by atoms with Crippen molar-refractivity contribution >= 4 is 29.2 Å². The molecule has 1 aliphatic rings. The van der Waals surface area contributed by atoms with Crippen LogP contribution in [0.5, 0.6) is 0 Å². The predicted molar refractivity (Wildman–Crippen MR) is 115 cm³/mol. The van der Waals surface area contributed by atoms with Gasteiger partial charge in [-0.1, -0.05) is 23.7 Å². The maximum atomic E-state index is 6.31. The Hall–Kier alpha value is -3.53. The Morgan fingerprint density at radius 1 is 1.19 bits per heavy atom. The number of aryl methyl sites for hydroxylation is 1. The number of aromatic nitrogens is 7. The number of halogens is 1. The summed E-state index contributed by atoms with van der Waals surface area (Å²) in [6.07, 6.45) is 7.65. The van der Waals surface area contributed by atoms with Gasteiger partial charge in [-0.3, -0.25) is 15.1 Å². The Bertz CT molecular complexity index is 1180. The molecule has 0 saturated carbocycles. The number of H-pyrrole nitrogens is 1. The van der Waals surface area contributed by atoms with E-state index in [2.05, 4.69) is 52.4 Å². The standard InChI is InChI=1S/C20H20ClN9O/c1-2-12-8-19(28-27-12)25-18-10-17(21)24-20(26-18)30-7-3-4-15(30)16-9-13(29-31-16)14-11-22-5-6-23-14/h5-6,8-11,15H,2-4,7H2,1H3,(H2,24,25,26,27,28). The first kappa shape index (κ1) is 19.4. The molecule has 0 aromatic carbocycles. The van der Waals surface area contributed by atoms with Gasteiger partial charge in [0, 0.05) is 42.8 Å². The van der Waals surface area contributed by atoms with E-state index >= 15 is 0 Å². The van der Waals surface area contributed by atoms with Crippen LogP contribution in [-0.2, 0) is 6.42 Å². The van der Waals surface area contributed by atoms with Crippen LogP contribution in [0.4, 0.5) is 17.6 Å². The van der Waals surface area contributed by atoms with Gasteiger partial charge in [0.05, 0.1) is 12.2 Å². The molecule has 4 aromatic rings. The summed E-state index contributed by atoms with van der Waals surface area (Å²) in [5.41, 5.74) is 2.35. The maximum absolute atomic E-state index is 6.31. The summed E-state index contributed by atoms with van der Waals surface area (Å²) in [6, 6.07) is 5.47. The zero-order valence-corrected chi connectivity index (χ0v) is 17.5. The zero-order valence-electron chi connectivity index (χ0n) is 16.8. The molecule has 5 rings (SSSR count). The third kappa shape index (κ3) is 4.06. The minimum atomic E-state index is -0.0404. The van der Waals surface area contributed by atoms with E-state index in [1.165, 1.54) is 0 Å². The van der Waals surface area contributed by atoms with E-state index in [0.29, 0.717) is 34.1 Å². The lowest BCUT2D eigenvalue weighted by Gasteiger charge is -2.23. The van der Waals surface area contributed by atoms with Crippen LogP contribution in [0, 0.1) is 0 Å². The number of hydrogen-bond acceptors (Lipinski definition) is 9. The SMILES string of the molecule is CCc1cc(Nc2cc(Cl)nc(N3CCCC3c3cc(-c4cnccn4)no3)n2)n[nH]1. The molecule has 31 heavy (non-hydrogen) atoms. The summed E-state index contributed by atoms with van der Waals surface area (Å²) in [5.74, 6) is 2.52. The molecule has 1 saturated heterocycles. The van der Waals surface area contributed by atoms with Crippen molar-refractivity contribution in [2.24, 2.45) is 0 Å². The minimum Gasteiger partial charge on any atom is -0.358 e. The fourth-order valence-corrected chi connectivity index (χ4v) is 3.82. The summed E-state index contributed by atoms with van der Waals surface area (Å²) < 4.78 is 5.65. The highest BCUT2D eigenvalue weighted by molar-refractivity contribution is 6.29. The molecular formula is C20H20ClN9O. The number of aromatic amines is 1. The van der Waals surface area contributed by atoms with Crippen molar-refractivity contribution in [3.63, 3.8) is 0 Å². The molecule has 1 unspecified atom stereocenters. The first-order chi connectivity index (χ1) is 15.2. The molecule has 158 valence electrons. The number of rotatable bonds is 6. The third-order valence-electron chi connectivity index (χ3n) is 5.14. The zero-order chi connectivity index (χ0) is 21.2. The molecule has 0 radical (unpaired) electrons. The van der Waals surface area contributed by atoms with Crippen LogP contribution in [0.3, 0.4) is 0 Å². The average molecular weight is 438 g/mol. The Kier molecular flexibility index (Phi) is 5.21. The summed E-state index contributed by atoms with van der Waals surface area (Å²) in [4.78, 5) is 19.6. The van der Waals surface area contributed by atoms with Crippen molar-refractivity contribution in [1.29, 1.82) is 0 Å². The lowest BCUT2D eigenvalue weighted by atomic mass is 10.1. The fraction of sp³-hybridized carbons (Fsp3) is 0.300. The van der Waals surface area contributed by atoms with Gasteiger partial charge >= 0.3 is 0 Å². The molecular weight excluding hydrogens is 418 g/mol. The van der Waals surface area contributed by atoms with Crippen molar-refractivity contribution in [1.82, 2.24) is 35.3 Å². The largest absolute Gasteiger partial charge is 0.358 e. The first-order valence-corrected chi connectivity index (χ1v) is 10.4. The second-order valence-electron chi connectivity index (χ2n) is 7.19. The highest BCUT2D eigenvalue weighted by Crippen LogP contribution is 2.36. The lowest BCUT2D eigenvalue weighted by Crippen LogP contribution is -2.24. The topological polar surface area (TPSA) is 122 Å². The molecule has 1 fully saturated rings. The minimum absolute atomic E-state index is 0.0404. The van der Waals surface area contributed by atoms with Crippen LogP contribution >= 0.6 is 11.6 Å². The Balaban J connectivity index is 1.40. The molecule has 5 heterocycles. The van der Waals surface area contributed by atoms with Crippen LogP contribution in [0.15, 0.2) is 41.3 Å². The van der Waals surface area contributed by atoms with Gasteiger partial charge in [0.2, 0.25) is 5.95 Å². The highest BCUT2D eigenvalue weighted by Gasteiger charge is 2.32. The highest BCUT2D eigenvalue weighted by atomic mass is 35.5.